The third-order valence-corrected chi connectivity index (χ3v) is 4.13. The van der Waals surface area contributed by atoms with E-state index in [1.165, 1.54) is 6.42 Å². The lowest BCUT2D eigenvalue weighted by Crippen LogP contribution is -2.42. The van der Waals surface area contributed by atoms with Crippen molar-refractivity contribution in [3.63, 3.8) is 0 Å². The van der Waals surface area contributed by atoms with Crippen LogP contribution in [0.15, 0.2) is 0 Å². The van der Waals surface area contributed by atoms with Gasteiger partial charge in [-0.2, -0.15) is 5.26 Å². The molecule has 0 heterocycles. The molecule has 1 aliphatic carbocycles. The molecule has 0 saturated heterocycles. The smallest absolute Gasteiger partial charge is 0.0835 e. The number of hydrogen-bond acceptors (Lipinski definition) is 3. The number of aliphatic hydroxyl groups is 1. The summed E-state index contributed by atoms with van der Waals surface area (Å²) in [6, 6.07) is 2.39. The van der Waals surface area contributed by atoms with Crippen molar-refractivity contribution in [1.29, 1.82) is 5.26 Å². The number of aliphatic hydroxyl groups excluding tert-OH is 1. The number of nitriles is 1. The SMILES string of the molecule is COC(C)(C)CC(O)C1(C#N)CCCC(C)C1. The highest BCUT2D eigenvalue weighted by Crippen LogP contribution is 2.43. The molecule has 1 rings (SSSR count). The van der Waals surface area contributed by atoms with Crippen molar-refractivity contribution in [2.45, 2.75) is 64.6 Å². The van der Waals surface area contributed by atoms with Crippen molar-refractivity contribution in [3.8, 4) is 6.07 Å². The van der Waals surface area contributed by atoms with Crippen LogP contribution in [0.5, 0.6) is 0 Å². The third-order valence-electron chi connectivity index (χ3n) is 4.13. The summed E-state index contributed by atoms with van der Waals surface area (Å²) in [4.78, 5) is 0. The molecule has 1 fully saturated rings. The summed E-state index contributed by atoms with van der Waals surface area (Å²) in [7, 11) is 1.65. The van der Waals surface area contributed by atoms with Gasteiger partial charge in [0.05, 0.1) is 23.2 Å². The lowest BCUT2D eigenvalue weighted by atomic mass is 9.66. The normalized spacial score (nSPS) is 31.9. The van der Waals surface area contributed by atoms with E-state index in [-0.39, 0.29) is 5.60 Å². The van der Waals surface area contributed by atoms with Crippen LogP contribution in [-0.2, 0) is 4.74 Å². The molecule has 1 N–H and O–H groups in total. The van der Waals surface area contributed by atoms with Crippen LogP contribution in [0.4, 0.5) is 0 Å². The maximum Gasteiger partial charge on any atom is 0.0835 e. The molecule has 0 amide bonds. The van der Waals surface area contributed by atoms with Crippen LogP contribution in [0.2, 0.25) is 0 Å². The van der Waals surface area contributed by atoms with Crippen molar-refractivity contribution in [2.75, 3.05) is 7.11 Å². The van der Waals surface area contributed by atoms with Gasteiger partial charge in [0.25, 0.3) is 0 Å². The van der Waals surface area contributed by atoms with E-state index in [1.807, 2.05) is 13.8 Å². The Bertz CT molecular complexity index is 295. The van der Waals surface area contributed by atoms with Crippen LogP contribution >= 0.6 is 0 Å². The standard InChI is InChI=1S/C14H25NO2/c1-11-6-5-7-14(8-11,10-15)12(16)9-13(2,3)17-4/h11-12,16H,5-9H2,1-4H3. The average molecular weight is 239 g/mol. The molecule has 0 bridgehead atoms. The fourth-order valence-electron chi connectivity index (χ4n) is 2.81. The topological polar surface area (TPSA) is 53.2 Å². The molecule has 0 spiro atoms. The highest BCUT2D eigenvalue weighted by Gasteiger charge is 2.43. The molecule has 0 radical (unpaired) electrons. The Labute approximate surface area is 105 Å². The predicted molar refractivity (Wildman–Crippen MR) is 67.4 cm³/mol. The first-order valence-electron chi connectivity index (χ1n) is 6.50. The Hall–Kier alpha value is -0.590. The Morgan fingerprint density at radius 1 is 1.59 bits per heavy atom. The molecule has 1 aliphatic rings. The van der Waals surface area contributed by atoms with Crippen LogP contribution in [-0.4, -0.2) is 23.9 Å². The minimum atomic E-state index is -0.592. The highest BCUT2D eigenvalue weighted by molar-refractivity contribution is 5.07. The molecule has 1 saturated carbocycles. The Morgan fingerprint density at radius 3 is 2.71 bits per heavy atom. The van der Waals surface area contributed by atoms with E-state index in [0.29, 0.717) is 12.3 Å². The maximum absolute atomic E-state index is 10.4. The van der Waals surface area contributed by atoms with Gasteiger partial charge in [0.15, 0.2) is 0 Å². The molecule has 3 nitrogen and oxygen atoms in total. The molecule has 0 aliphatic heterocycles. The Balaban J connectivity index is 2.76. The molecule has 17 heavy (non-hydrogen) atoms. The second kappa shape index (κ2) is 5.37. The maximum atomic E-state index is 10.4. The van der Waals surface area contributed by atoms with Crippen molar-refractivity contribution in [2.24, 2.45) is 11.3 Å². The van der Waals surface area contributed by atoms with Crippen LogP contribution in [0.3, 0.4) is 0 Å². The summed E-state index contributed by atoms with van der Waals surface area (Å²) in [6.07, 6.45) is 3.76. The van der Waals surface area contributed by atoms with E-state index in [9.17, 15) is 10.4 Å². The lowest BCUT2D eigenvalue weighted by Gasteiger charge is -2.40. The molecular formula is C14H25NO2. The number of rotatable bonds is 4. The van der Waals surface area contributed by atoms with Gasteiger partial charge in [0.1, 0.15) is 0 Å². The second-order valence-electron chi connectivity index (χ2n) is 6.15. The van der Waals surface area contributed by atoms with Crippen molar-refractivity contribution >= 4 is 0 Å². The van der Waals surface area contributed by atoms with Gasteiger partial charge in [-0.25, -0.2) is 0 Å². The zero-order valence-corrected chi connectivity index (χ0v) is 11.5. The summed E-state index contributed by atoms with van der Waals surface area (Å²) in [5.74, 6) is 0.531. The monoisotopic (exact) mass is 239 g/mol. The number of ether oxygens (including phenoxy) is 1. The number of hydrogen-bond donors (Lipinski definition) is 1. The summed E-state index contributed by atoms with van der Waals surface area (Å²) in [6.45, 7) is 6.07. The zero-order chi connectivity index (χ0) is 13.1. The van der Waals surface area contributed by atoms with Gasteiger partial charge < -0.3 is 9.84 Å². The largest absolute Gasteiger partial charge is 0.391 e. The minimum absolute atomic E-state index is 0.371. The van der Waals surface area contributed by atoms with Crippen LogP contribution in [0, 0.1) is 22.7 Å². The lowest BCUT2D eigenvalue weighted by molar-refractivity contribution is -0.0598. The van der Waals surface area contributed by atoms with Gasteiger partial charge in [0.2, 0.25) is 0 Å². The number of nitrogens with zero attached hydrogens (tertiary/aromatic N) is 1. The van der Waals surface area contributed by atoms with Crippen molar-refractivity contribution in [3.05, 3.63) is 0 Å². The highest BCUT2D eigenvalue weighted by atomic mass is 16.5. The van der Waals surface area contributed by atoms with Crippen molar-refractivity contribution < 1.29 is 9.84 Å². The van der Waals surface area contributed by atoms with E-state index in [1.54, 1.807) is 7.11 Å². The second-order valence-corrected chi connectivity index (χ2v) is 6.15. The van der Waals surface area contributed by atoms with Gasteiger partial charge in [0, 0.05) is 13.5 Å². The predicted octanol–water partition coefficient (Wildman–Crippen LogP) is 2.88. The van der Waals surface area contributed by atoms with Gasteiger partial charge in [-0.3, -0.25) is 0 Å². The molecule has 3 unspecified atom stereocenters. The number of methoxy groups -OCH3 is 1. The average Bonchev–Trinajstić information content (AvgIpc) is 2.28. The van der Waals surface area contributed by atoms with E-state index >= 15 is 0 Å². The molecule has 3 atom stereocenters. The third kappa shape index (κ3) is 3.43. The minimum Gasteiger partial charge on any atom is -0.391 e. The van der Waals surface area contributed by atoms with Gasteiger partial charge in [-0.1, -0.05) is 19.8 Å². The molecule has 0 aromatic heterocycles. The van der Waals surface area contributed by atoms with Crippen LogP contribution in [0.25, 0.3) is 0 Å². The van der Waals surface area contributed by atoms with Gasteiger partial charge >= 0.3 is 0 Å². The Morgan fingerprint density at radius 2 is 2.24 bits per heavy atom. The summed E-state index contributed by atoms with van der Waals surface area (Å²) in [5, 5.41) is 19.9. The molecule has 0 aromatic carbocycles. The summed E-state index contributed by atoms with van der Waals surface area (Å²) < 4.78 is 5.35. The summed E-state index contributed by atoms with van der Waals surface area (Å²) >= 11 is 0. The Kier molecular flexibility index (Phi) is 4.57. The summed E-state index contributed by atoms with van der Waals surface area (Å²) in [5.41, 5.74) is -0.933. The van der Waals surface area contributed by atoms with E-state index in [4.69, 9.17) is 4.74 Å². The molecule has 3 heteroatoms. The van der Waals surface area contributed by atoms with Crippen LogP contribution < -0.4 is 0 Å². The fourth-order valence-corrected chi connectivity index (χ4v) is 2.81. The van der Waals surface area contributed by atoms with Crippen molar-refractivity contribution in [1.82, 2.24) is 0 Å². The first kappa shape index (κ1) is 14.5. The van der Waals surface area contributed by atoms with Gasteiger partial charge in [-0.05, 0) is 32.6 Å². The van der Waals surface area contributed by atoms with E-state index in [2.05, 4.69) is 13.0 Å². The van der Waals surface area contributed by atoms with E-state index < -0.39 is 11.5 Å². The van der Waals surface area contributed by atoms with Crippen LogP contribution in [0.1, 0.15) is 52.9 Å². The molecule has 0 aromatic rings. The molecule has 98 valence electrons. The first-order valence-corrected chi connectivity index (χ1v) is 6.50. The van der Waals surface area contributed by atoms with E-state index in [0.717, 1.165) is 19.3 Å². The van der Waals surface area contributed by atoms with Gasteiger partial charge in [-0.15, -0.1) is 0 Å². The fraction of sp³-hybridized carbons (Fsp3) is 0.929. The quantitative estimate of drug-likeness (QED) is 0.820. The molecular weight excluding hydrogens is 214 g/mol. The zero-order valence-electron chi connectivity index (χ0n) is 11.5. The first-order chi connectivity index (χ1) is 7.85.